The highest BCUT2D eigenvalue weighted by Gasteiger charge is 2.32. The molecule has 1 fully saturated rings. The number of fused-ring (bicyclic) bond motifs is 1. The van der Waals surface area contributed by atoms with Crippen molar-refractivity contribution < 1.29 is 9.59 Å². The van der Waals surface area contributed by atoms with E-state index in [1.54, 1.807) is 12.1 Å². The van der Waals surface area contributed by atoms with Gasteiger partial charge in [-0.05, 0) is 43.9 Å². The first-order valence-corrected chi connectivity index (χ1v) is 9.50. The first kappa shape index (κ1) is 20.4. The van der Waals surface area contributed by atoms with Gasteiger partial charge in [-0.25, -0.2) is 0 Å². The van der Waals surface area contributed by atoms with Gasteiger partial charge < -0.3 is 16.0 Å². The van der Waals surface area contributed by atoms with Crippen LogP contribution in [0.4, 0.5) is 5.69 Å². The van der Waals surface area contributed by atoms with Crippen molar-refractivity contribution in [1.82, 2.24) is 4.90 Å². The summed E-state index contributed by atoms with van der Waals surface area (Å²) in [6.07, 6.45) is 2.10. The van der Waals surface area contributed by atoms with Gasteiger partial charge in [-0.1, -0.05) is 11.6 Å². The highest BCUT2D eigenvalue weighted by atomic mass is 35.5. The molecule has 1 saturated heterocycles. The zero-order valence-corrected chi connectivity index (χ0v) is 16.4. The minimum absolute atomic E-state index is 0. The van der Waals surface area contributed by atoms with Crippen molar-refractivity contribution >= 4 is 53.3 Å². The van der Waals surface area contributed by atoms with Gasteiger partial charge in [0.1, 0.15) is 0 Å². The lowest BCUT2D eigenvalue weighted by Gasteiger charge is -2.34. The maximum atomic E-state index is 12.5. The summed E-state index contributed by atoms with van der Waals surface area (Å²) in [6.45, 7) is 3.49. The van der Waals surface area contributed by atoms with Crippen molar-refractivity contribution in [2.24, 2.45) is 11.7 Å². The molecule has 2 aliphatic rings. The van der Waals surface area contributed by atoms with Crippen LogP contribution >= 0.6 is 35.8 Å². The van der Waals surface area contributed by atoms with Crippen molar-refractivity contribution in [3.05, 3.63) is 23.2 Å². The number of halogens is 2. The summed E-state index contributed by atoms with van der Waals surface area (Å²) in [5, 5.41) is 3.04. The molecule has 2 atom stereocenters. The molecule has 138 valence electrons. The van der Waals surface area contributed by atoms with E-state index in [1.165, 1.54) is 11.8 Å². The molecule has 25 heavy (non-hydrogen) atoms. The monoisotopic (exact) mass is 403 g/mol. The number of nitrogens with two attached hydrogens (primary N) is 1. The SMILES string of the molecule is CC(N)C1CCN(C(=O)CC2Sc3ccc(Cl)cc3NC2=O)CC1.Cl. The van der Waals surface area contributed by atoms with Gasteiger partial charge in [0.2, 0.25) is 11.8 Å². The lowest BCUT2D eigenvalue weighted by molar-refractivity contribution is -0.134. The summed E-state index contributed by atoms with van der Waals surface area (Å²) in [6, 6.07) is 5.58. The van der Waals surface area contributed by atoms with Crippen LogP contribution in [-0.2, 0) is 9.59 Å². The number of piperidine rings is 1. The van der Waals surface area contributed by atoms with Gasteiger partial charge in [0, 0.05) is 35.5 Å². The number of thioether (sulfide) groups is 1. The lowest BCUT2D eigenvalue weighted by atomic mass is 9.91. The second-order valence-corrected chi connectivity index (χ2v) is 8.20. The van der Waals surface area contributed by atoms with E-state index in [9.17, 15) is 9.59 Å². The first-order chi connectivity index (χ1) is 11.4. The topological polar surface area (TPSA) is 75.4 Å². The standard InChI is InChI=1S/C17H22ClN3O2S.ClH/c1-10(19)11-4-6-21(7-5-11)16(22)9-15-17(23)20-13-8-12(18)2-3-14(13)24-15;/h2-3,8,10-11,15H,4-7,9,19H2,1H3,(H,20,23);1H. The normalized spacial score (nSPS) is 21.8. The van der Waals surface area contributed by atoms with Gasteiger partial charge in [0.05, 0.1) is 10.9 Å². The van der Waals surface area contributed by atoms with Crippen LogP contribution in [0.1, 0.15) is 26.2 Å². The Hall–Kier alpha value is -0.950. The molecule has 2 heterocycles. The first-order valence-electron chi connectivity index (χ1n) is 8.24. The smallest absolute Gasteiger partial charge is 0.238 e. The van der Waals surface area contributed by atoms with Crippen molar-refractivity contribution in [2.45, 2.75) is 42.4 Å². The van der Waals surface area contributed by atoms with Crippen molar-refractivity contribution in [3.63, 3.8) is 0 Å². The molecule has 1 aromatic carbocycles. The molecule has 0 spiro atoms. The van der Waals surface area contributed by atoms with Crippen molar-refractivity contribution in [2.75, 3.05) is 18.4 Å². The van der Waals surface area contributed by atoms with E-state index in [4.69, 9.17) is 17.3 Å². The van der Waals surface area contributed by atoms with Crippen LogP contribution in [0.5, 0.6) is 0 Å². The highest BCUT2D eigenvalue weighted by Crippen LogP contribution is 2.38. The number of anilines is 1. The predicted molar refractivity (Wildman–Crippen MR) is 105 cm³/mol. The fourth-order valence-corrected chi connectivity index (χ4v) is 4.47. The fraction of sp³-hybridized carbons (Fsp3) is 0.529. The summed E-state index contributed by atoms with van der Waals surface area (Å²) in [7, 11) is 0. The molecule has 8 heteroatoms. The summed E-state index contributed by atoms with van der Waals surface area (Å²) < 4.78 is 0. The molecule has 0 bridgehead atoms. The molecule has 3 N–H and O–H groups in total. The minimum atomic E-state index is -0.391. The van der Waals surface area contributed by atoms with Crippen LogP contribution in [0.15, 0.2) is 23.1 Å². The minimum Gasteiger partial charge on any atom is -0.343 e. The quantitative estimate of drug-likeness (QED) is 0.812. The Labute approximate surface area is 163 Å². The molecule has 2 aliphatic heterocycles. The van der Waals surface area contributed by atoms with Gasteiger partial charge in [0.15, 0.2) is 0 Å². The molecule has 1 aromatic rings. The summed E-state index contributed by atoms with van der Waals surface area (Å²) in [5.41, 5.74) is 6.66. The summed E-state index contributed by atoms with van der Waals surface area (Å²) >= 11 is 7.38. The van der Waals surface area contributed by atoms with E-state index >= 15 is 0 Å². The number of nitrogens with zero attached hydrogens (tertiary/aromatic N) is 1. The molecule has 2 amide bonds. The Bertz CT molecular complexity index is 649. The van der Waals surface area contributed by atoms with E-state index in [0.29, 0.717) is 10.9 Å². The van der Waals surface area contributed by atoms with Crippen molar-refractivity contribution in [3.8, 4) is 0 Å². The Morgan fingerprint density at radius 2 is 2.12 bits per heavy atom. The van der Waals surface area contributed by atoms with Crippen LogP contribution in [0.3, 0.4) is 0 Å². The molecule has 3 rings (SSSR count). The lowest BCUT2D eigenvalue weighted by Crippen LogP contribution is -2.44. The number of amides is 2. The van der Waals surface area contributed by atoms with Gasteiger partial charge in [0.25, 0.3) is 0 Å². The number of likely N-dealkylation sites (tertiary alicyclic amines) is 1. The molecular weight excluding hydrogens is 381 g/mol. The third-order valence-electron chi connectivity index (χ3n) is 4.76. The van der Waals surface area contributed by atoms with Gasteiger partial charge in [-0.15, -0.1) is 24.2 Å². The third kappa shape index (κ3) is 4.82. The van der Waals surface area contributed by atoms with Crippen LogP contribution in [0.2, 0.25) is 5.02 Å². The third-order valence-corrected chi connectivity index (χ3v) is 6.27. The Morgan fingerprint density at radius 3 is 2.76 bits per heavy atom. The Balaban J connectivity index is 0.00000225. The van der Waals surface area contributed by atoms with Crippen LogP contribution < -0.4 is 11.1 Å². The van der Waals surface area contributed by atoms with E-state index in [1.807, 2.05) is 17.9 Å². The molecule has 0 aliphatic carbocycles. The van der Waals surface area contributed by atoms with E-state index in [0.717, 1.165) is 36.5 Å². The molecule has 2 unspecified atom stereocenters. The number of hydrogen-bond acceptors (Lipinski definition) is 4. The molecule has 0 aromatic heterocycles. The van der Waals surface area contributed by atoms with E-state index in [2.05, 4.69) is 5.32 Å². The average Bonchev–Trinajstić information content (AvgIpc) is 2.55. The number of carbonyl (C=O) groups excluding carboxylic acids is 2. The maximum absolute atomic E-state index is 12.5. The van der Waals surface area contributed by atoms with Crippen LogP contribution in [-0.4, -0.2) is 41.1 Å². The van der Waals surface area contributed by atoms with E-state index in [-0.39, 0.29) is 36.7 Å². The maximum Gasteiger partial charge on any atom is 0.238 e. The second-order valence-electron chi connectivity index (χ2n) is 6.52. The van der Waals surface area contributed by atoms with Crippen molar-refractivity contribution in [1.29, 1.82) is 0 Å². The molecular formula is C17H23Cl2N3O2S. The summed E-state index contributed by atoms with van der Waals surface area (Å²) in [4.78, 5) is 27.6. The number of rotatable bonds is 3. The van der Waals surface area contributed by atoms with Crippen LogP contribution in [0.25, 0.3) is 0 Å². The number of hydrogen-bond donors (Lipinski definition) is 2. The molecule has 5 nitrogen and oxygen atoms in total. The number of nitrogens with one attached hydrogen (secondary N) is 1. The average molecular weight is 404 g/mol. The Morgan fingerprint density at radius 1 is 1.44 bits per heavy atom. The van der Waals surface area contributed by atoms with Gasteiger partial charge in [-0.2, -0.15) is 0 Å². The van der Waals surface area contributed by atoms with Gasteiger partial charge >= 0.3 is 0 Å². The molecule has 0 saturated carbocycles. The fourth-order valence-electron chi connectivity index (χ4n) is 3.22. The molecule has 0 radical (unpaired) electrons. The summed E-state index contributed by atoms with van der Waals surface area (Å²) in [5.74, 6) is 0.398. The highest BCUT2D eigenvalue weighted by molar-refractivity contribution is 8.01. The largest absolute Gasteiger partial charge is 0.343 e. The Kier molecular flexibility index (Phi) is 7.02. The number of benzene rings is 1. The zero-order valence-electron chi connectivity index (χ0n) is 14.0. The predicted octanol–water partition coefficient (Wildman–Crippen LogP) is 3.15. The van der Waals surface area contributed by atoms with E-state index < -0.39 is 5.25 Å². The van der Waals surface area contributed by atoms with Gasteiger partial charge in [-0.3, -0.25) is 9.59 Å². The van der Waals surface area contributed by atoms with Crippen LogP contribution in [0, 0.1) is 5.92 Å². The number of carbonyl (C=O) groups is 2. The zero-order chi connectivity index (χ0) is 17.3. The second kappa shape index (κ2) is 8.62.